The minimum Gasteiger partial charge on any atom is -0.489 e. The number of ether oxygens (including phenoxy) is 2. The molecule has 1 aromatic carbocycles. The zero-order valence-electron chi connectivity index (χ0n) is 10.8. The summed E-state index contributed by atoms with van der Waals surface area (Å²) in [5.41, 5.74) is 2.15. The van der Waals surface area contributed by atoms with Gasteiger partial charge in [0, 0.05) is 24.5 Å². The van der Waals surface area contributed by atoms with E-state index in [0.717, 1.165) is 29.7 Å². The molecule has 4 heteroatoms. The maximum atomic E-state index is 9.34. The zero-order valence-corrected chi connectivity index (χ0v) is 11.6. The number of hydrogen-bond acceptors (Lipinski definition) is 3. The van der Waals surface area contributed by atoms with Gasteiger partial charge in [0.1, 0.15) is 0 Å². The van der Waals surface area contributed by atoms with Crippen molar-refractivity contribution in [3.63, 3.8) is 0 Å². The molecule has 0 bridgehead atoms. The molecule has 18 heavy (non-hydrogen) atoms. The largest absolute Gasteiger partial charge is 0.489 e. The Morgan fingerprint density at radius 3 is 2.61 bits per heavy atom. The minimum atomic E-state index is 0.0506. The number of fused-ring (bicyclic) bond motifs is 1. The van der Waals surface area contributed by atoms with Crippen LogP contribution in [0.15, 0.2) is 6.07 Å². The number of aliphatic hydroxyl groups is 1. The lowest BCUT2D eigenvalue weighted by molar-refractivity contribution is 0.271. The average Bonchev–Trinajstić information content (AvgIpc) is 2.63. The maximum Gasteiger partial charge on any atom is 0.180 e. The first-order chi connectivity index (χ1) is 8.69. The van der Waals surface area contributed by atoms with Crippen molar-refractivity contribution in [2.24, 2.45) is 0 Å². The molecule has 1 atom stereocenters. The quantitative estimate of drug-likeness (QED) is 0.917. The third-order valence-corrected chi connectivity index (χ3v) is 3.55. The van der Waals surface area contributed by atoms with Crippen molar-refractivity contribution < 1.29 is 14.6 Å². The molecule has 0 fully saturated rings. The molecule has 0 saturated heterocycles. The van der Waals surface area contributed by atoms with Crippen LogP contribution in [0.1, 0.15) is 37.3 Å². The van der Waals surface area contributed by atoms with Crippen LogP contribution >= 0.6 is 11.6 Å². The van der Waals surface area contributed by atoms with Gasteiger partial charge >= 0.3 is 0 Å². The fourth-order valence-corrected chi connectivity index (χ4v) is 2.52. The molecule has 0 saturated carbocycles. The van der Waals surface area contributed by atoms with Crippen molar-refractivity contribution in [3.8, 4) is 11.5 Å². The van der Waals surface area contributed by atoms with Gasteiger partial charge in [-0.25, -0.2) is 0 Å². The molecule has 100 valence electrons. The van der Waals surface area contributed by atoms with E-state index in [4.69, 9.17) is 21.1 Å². The normalized spacial score (nSPS) is 16.2. The first-order valence-electron chi connectivity index (χ1n) is 6.40. The van der Waals surface area contributed by atoms with Crippen LogP contribution in [0.2, 0.25) is 5.02 Å². The van der Waals surface area contributed by atoms with Crippen molar-refractivity contribution in [2.75, 3.05) is 19.8 Å². The Morgan fingerprint density at radius 1 is 1.33 bits per heavy atom. The minimum absolute atomic E-state index is 0.0506. The second-order valence-electron chi connectivity index (χ2n) is 4.57. The van der Waals surface area contributed by atoms with E-state index in [1.807, 2.05) is 13.0 Å². The van der Waals surface area contributed by atoms with E-state index >= 15 is 0 Å². The van der Waals surface area contributed by atoms with E-state index in [1.54, 1.807) is 0 Å². The predicted octanol–water partition coefficient (Wildman–Crippen LogP) is 3.16. The molecule has 1 aromatic rings. The van der Waals surface area contributed by atoms with Gasteiger partial charge in [-0.2, -0.15) is 0 Å². The Balaban J connectivity index is 2.57. The summed E-state index contributed by atoms with van der Waals surface area (Å²) in [5.74, 6) is 1.47. The molecule has 0 radical (unpaired) electrons. The molecular formula is C14H19ClO3. The van der Waals surface area contributed by atoms with E-state index < -0.39 is 0 Å². The molecule has 0 aromatic heterocycles. The fourth-order valence-electron chi connectivity index (χ4n) is 2.26. The summed E-state index contributed by atoms with van der Waals surface area (Å²) >= 11 is 6.26. The van der Waals surface area contributed by atoms with Crippen molar-refractivity contribution in [1.82, 2.24) is 0 Å². The molecule has 3 nitrogen and oxygen atoms in total. The number of aliphatic hydroxyl groups excluding tert-OH is 1. The molecule has 1 aliphatic heterocycles. The van der Waals surface area contributed by atoms with Crippen molar-refractivity contribution in [2.45, 2.75) is 32.6 Å². The van der Waals surface area contributed by atoms with Crippen LogP contribution in [-0.2, 0) is 6.42 Å². The molecule has 1 heterocycles. The third-order valence-electron chi connectivity index (χ3n) is 3.27. The zero-order chi connectivity index (χ0) is 13.1. The van der Waals surface area contributed by atoms with Crippen LogP contribution in [0.5, 0.6) is 11.5 Å². The van der Waals surface area contributed by atoms with E-state index in [2.05, 4.69) is 6.92 Å². The molecule has 1 N–H and O–H groups in total. The Hall–Kier alpha value is -0.930. The Bertz CT molecular complexity index is 432. The van der Waals surface area contributed by atoms with Gasteiger partial charge in [0.25, 0.3) is 0 Å². The van der Waals surface area contributed by atoms with Crippen LogP contribution in [0.4, 0.5) is 0 Å². The topological polar surface area (TPSA) is 38.7 Å². The third kappa shape index (κ3) is 2.43. The molecule has 1 unspecified atom stereocenters. The first-order valence-corrected chi connectivity index (χ1v) is 6.78. The summed E-state index contributed by atoms with van der Waals surface area (Å²) in [6, 6.07) is 1.90. The highest BCUT2D eigenvalue weighted by Crippen LogP contribution is 2.43. The lowest BCUT2D eigenvalue weighted by Crippen LogP contribution is -2.06. The SMILES string of the molecule is CCc1c(C(C)CO)cc(Cl)c2c1OCCCO2. The van der Waals surface area contributed by atoms with E-state index in [9.17, 15) is 5.11 Å². The first kappa shape index (κ1) is 13.5. The second kappa shape index (κ2) is 5.81. The Kier molecular flexibility index (Phi) is 4.36. The van der Waals surface area contributed by atoms with Crippen molar-refractivity contribution >= 4 is 11.6 Å². The molecule has 0 spiro atoms. The number of benzene rings is 1. The van der Waals surface area contributed by atoms with Gasteiger partial charge in [-0.15, -0.1) is 0 Å². The van der Waals surface area contributed by atoms with Gasteiger partial charge in [-0.05, 0) is 18.1 Å². The number of halogens is 1. The molecule has 0 aliphatic carbocycles. The monoisotopic (exact) mass is 270 g/mol. The van der Waals surface area contributed by atoms with E-state index in [1.165, 1.54) is 0 Å². The van der Waals surface area contributed by atoms with Gasteiger partial charge in [0.05, 0.1) is 18.2 Å². The summed E-state index contributed by atoms with van der Waals surface area (Å²) < 4.78 is 11.5. The molecule has 1 aliphatic rings. The highest BCUT2D eigenvalue weighted by molar-refractivity contribution is 6.32. The summed E-state index contributed by atoms with van der Waals surface area (Å²) in [4.78, 5) is 0. The van der Waals surface area contributed by atoms with Gasteiger partial charge in [-0.1, -0.05) is 25.4 Å². The Morgan fingerprint density at radius 2 is 2.00 bits per heavy atom. The average molecular weight is 271 g/mol. The molecule has 2 rings (SSSR count). The van der Waals surface area contributed by atoms with E-state index in [0.29, 0.717) is 24.0 Å². The van der Waals surface area contributed by atoms with Crippen LogP contribution in [0.25, 0.3) is 0 Å². The van der Waals surface area contributed by atoms with Gasteiger partial charge in [0.2, 0.25) is 0 Å². The highest BCUT2D eigenvalue weighted by Gasteiger charge is 2.23. The fraction of sp³-hybridized carbons (Fsp3) is 0.571. The summed E-state index contributed by atoms with van der Waals surface area (Å²) in [7, 11) is 0. The summed E-state index contributed by atoms with van der Waals surface area (Å²) in [6.45, 7) is 5.43. The van der Waals surface area contributed by atoms with Crippen molar-refractivity contribution in [3.05, 3.63) is 22.2 Å². The van der Waals surface area contributed by atoms with Gasteiger partial charge in [-0.3, -0.25) is 0 Å². The van der Waals surface area contributed by atoms with E-state index in [-0.39, 0.29) is 12.5 Å². The van der Waals surface area contributed by atoms with Gasteiger partial charge < -0.3 is 14.6 Å². The number of hydrogen-bond donors (Lipinski definition) is 1. The standard InChI is InChI=1S/C14H19ClO3/c1-3-10-11(9(2)8-16)7-12(15)14-13(10)17-5-4-6-18-14/h7,9,16H,3-6,8H2,1-2H3. The predicted molar refractivity (Wildman–Crippen MR) is 71.9 cm³/mol. The molecular weight excluding hydrogens is 252 g/mol. The van der Waals surface area contributed by atoms with Crippen LogP contribution in [0, 0.1) is 0 Å². The van der Waals surface area contributed by atoms with Crippen LogP contribution in [0.3, 0.4) is 0 Å². The summed E-state index contributed by atoms with van der Waals surface area (Å²) in [6.07, 6.45) is 1.70. The summed E-state index contributed by atoms with van der Waals surface area (Å²) in [5, 5.41) is 9.91. The second-order valence-corrected chi connectivity index (χ2v) is 4.98. The van der Waals surface area contributed by atoms with Gasteiger partial charge in [0.15, 0.2) is 11.5 Å². The smallest absolute Gasteiger partial charge is 0.180 e. The Labute approximate surface area is 113 Å². The molecule has 0 amide bonds. The lowest BCUT2D eigenvalue weighted by atomic mass is 9.93. The van der Waals surface area contributed by atoms with Crippen LogP contribution < -0.4 is 9.47 Å². The number of rotatable bonds is 3. The van der Waals surface area contributed by atoms with Crippen molar-refractivity contribution in [1.29, 1.82) is 0 Å². The highest BCUT2D eigenvalue weighted by atomic mass is 35.5. The maximum absolute atomic E-state index is 9.34. The van der Waals surface area contributed by atoms with Crippen LogP contribution in [-0.4, -0.2) is 24.9 Å². The lowest BCUT2D eigenvalue weighted by Gasteiger charge is -2.20.